The van der Waals surface area contributed by atoms with Gasteiger partial charge in [-0.3, -0.25) is 4.79 Å². The van der Waals surface area contributed by atoms with E-state index in [9.17, 15) is 4.79 Å². The molecule has 0 aliphatic carbocycles. The van der Waals surface area contributed by atoms with Crippen molar-refractivity contribution >= 4 is 29.3 Å². The summed E-state index contributed by atoms with van der Waals surface area (Å²) in [5, 5.41) is -0.412. The summed E-state index contributed by atoms with van der Waals surface area (Å²) in [6.45, 7) is 0.691. The fourth-order valence-electron chi connectivity index (χ4n) is 1.11. The van der Waals surface area contributed by atoms with Crippen LogP contribution in [-0.4, -0.2) is 11.8 Å². The largest absolute Gasteiger partial charge is 0.330 e. The average Bonchev–Trinajstić information content (AvgIpc) is 2.15. The Bertz CT molecular complexity index is 285. The molecule has 0 radical (unpaired) electrons. The number of hydrogen-bond acceptors (Lipinski definition) is 2. The van der Waals surface area contributed by atoms with Crippen LogP contribution in [0.2, 0.25) is 0 Å². The first kappa shape index (κ1) is 13.4. The van der Waals surface area contributed by atoms with Gasteiger partial charge in [0.2, 0.25) is 0 Å². The molecule has 14 heavy (non-hydrogen) atoms. The number of nitrogens with two attached hydrogens (primary N) is 1. The van der Waals surface area contributed by atoms with E-state index >= 15 is 0 Å². The Balaban J connectivity index is 0.00000169. The van der Waals surface area contributed by atoms with Crippen LogP contribution in [-0.2, 0) is 6.42 Å². The number of halogens is 2. The van der Waals surface area contributed by atoms with Crippen LogP contribution in [0.15, 0.2) is 24.3 Å². The molecule has 0 spiro atoms. The molecule has 1 rings (SSSR count). The number of hydrogen-bond donors (Lipinski definition) is 1. The number of benzene rings is 1. The predicted molar refractivity (Wildman–Crippen MR) is 61.2 cm³/mol. The van der Waals surface area contributed by atoms with Gasteiger partial charge in [0.15, 0.2) is 0 Å². The van der Waals surface area contributed by atoms with Crippen molar-refractivity contribution in [1.82, 2.24) is 0 Å². The highest BCUT2D eigenvalue weighted by Crippen LogP contribution is 2.08. The minimum Gasteiger partial charge on any atom is -0.330 e. The molecule has 4 heteroatoms. The summed E-state index contributed by atoms with van der Waals surface area (Å²) >= 11 is 5.30. The smallest absolute Gasteiger partial charge is 0.252 e. The molecular weight excluding hydrogens is 221 g/mol. The van der Waals surface area contributed by atoms with Crippen molar-refractivity contribution in [2.24, 2.45) is 5.73 Å². The first-order valence-corrected chi connectivity index (χ1v) is 4.60. The molecule has 2 N–H and O–H groups in total. The van der Waals surface area contributed by atoms with Gasteiger partial charge in [-0.1, -0.05) is 12.1 Å². The zero-order chi connectivity index (χ0) is 9.68. The summed E-state index contributed by atoms with van der Waals surface area (Å²) < 4.78 is 0. The Labute approximate surface area is 94.8 Å². The van der Waals surface area contributed by atoms with E-state index in [2.05, 4.69) is 0 Å². The molecule has 1 aromatic carbocycles. The quantitative estimate of drug-likeness (QED) is 0.812. The first-order valence-electron chi connectivity index (χ1n) is 4.23. The highest BCUT2D eigenvalue weighted by atomic mass is 35.5. The second-order valence-corrected chi connectivity index (χ2v) is 3.21. The van der Waals surface area contributed by atoms with Crippen molar-refractivity contribution < 1.29 is 4.79 Å². The lowest BCUT2D eigenvalue weighted by Crippen LogP contribution is -2.00. The highest BCUT2D eigenvalue weighted by Gasteiger charge is 2.00. The van der Waals surface area contributed by atoms with E-state index in [1.807, 2.05) is 12.1 Å². The lowest BCUT2D eigenvalue weighted by Gasteiger charge is -1.99. The number of carbonyl (C=O) groups is 1. The van der Waals surface area contributed by atoms with Crippen LogP contribution >= 0.6 is 24.0 Å². The second kappa shape index (κ2) is 6.82. The van der Waals surface area contributed by atoms with E-state index in [4.69, 9.17) is 17.3 Å². The first-order chi connectivity index (χ1) is 6.24. The van der Waals surface area contributed by atoms with Crippen molar-refractivity contribution in [2.45, 2.75) is 12.8 Å². The maximum absolute atomic E-state index is 10.7. The molecule has 0 unspecified atom stereocenters. The van der Waals surface area contributed by atoms with E-state index < -0.39 is 5.24 Å². The van der Waals surface area contributed by atoms with Gasteiger partial charge in [-0.2, -0.15) is 0 Å². The molecule has 1 aromatic rings. The number of aryl methyl sites for hydroxylation is 1. The van der Waals surface area contributed by atoms with Crippen LogP contribution in [0.1, 0.15) is 22.3 Å². The van der Waals surface area contributed by atoms with Gasteiger partial charge in [0.05, 0.1) is 0 Å². The summed E-state index contributed by atoms with van der Waals surface area (Å²) in [6, 6.07) is 7.29. The third kappa shape index (κ3) is 4.09. The van der Waals surface area contributed by atoms with Crippen LogP contribution < -0.4 is 5.73 Å². The van der Waals surface area contributed by atoms with Crippen molar-refractivity contribution in [1.29, 1.82) is 0 Å². The van der Waals surface area contributed by atoms with Crippen LogP contribution in [0.25, 0.3) is 0 Å². The molecule has 0 bridgehead atoms. The van der Waals surface area contributed by atoms with Gasteiger partial charge in [-0.25, -0.2) is 0 Å². The Kier molecular flexibility index (Phi) is 6.54. The maximum atomic E-state index is 10.7. The maximum Gasteiger partial charge on any atom is 0.252 e. The van der Waals surface area contributed by atoms with Crippen LogP contribution in [0.3, 0.4) is 0 Å². The summed E-state index contributed by atoms with van der Waals surface area (Å²) in [6.07, 6.45) is 1.92. The van der Waals surface area contributed by atoms with Gasteiger partial charge in [0.25, 0.3) is 5.24 Å². The van der Waals surface area contributed by atoms with E-state index in [-0.39, 0.29) is 12.4 Å². The molecule has 0 heterocycles. The molecule has 0 saturated carbocycles. The van der Waals surface area contributed by atoms with Gasteiger partial charge in [0, 0.05) is 5.56 Å². The molecule has 0 amide bonds. The molecule has 0 aromatic heterocycles. The van der Waals surface area contributed by atoms with Crippen LogP contribution in [0.5, 0.6) is 0 Å². The van der Waals surface area contributed by atoms with E-state index in [1.165, 1.54) is 5.56 Å². The van der Waals surface area contributed by atoms with Crippen molar-refractivity contribution in [3.63, 3.8) is 0 Å². The van der Waals surface area contributed by atoms with Crippen LogP contribution in [0.4, 0.5) is 0 Å². The lowest BCUT2D eigenvalue weighted by atomic mass is 10.1. The van der Waals surface area contributed by atoms with E-state index in [1.54, 1.807) is 12.1 Å². The molecule has 0 aliphatic rings. The third-order valence-electron chi connectivity index (χ3n) is 1.85. The molecular formula is C10H13Cl2NO. The molecule has 0 saturated heterocycles. The standard InChI is InChI=1S/C10H12ClNO.ClH/c11-10(13)9-5-3-8(4-6-9)2-1-7-12;/h3-6H,1-2,7,12H2;1H. The second-order valence-electron chi connectivity index (χ2n) is 2.86. The molecule has 0 atom stereocenters. The van der Waals surface area contributed by atoms with Gasteiger partial charge in [0.1, 0.15) is 0 Å². The molecule has 2 nitrogen and oxygen atoms in total. The minimum absolute atomic E-state index is 0. The Morgan fingerprint density at radius 2 is 1.86 bits per heavy atom. The fraction of sp³-hybridized carbons (Fsp3) is 0.300. The number of carbonyl (C=O) groups excluding carboxylic acids is 1. The summed E-state index contributed by atoms with van der Waals surface area (Å²) in [5.74, 6) is 0. The summed E-state index contributed by atoms with van der Waals surface area (Å²) in [7, 11) is 0. The monoisotopic (exact) mass is 233 g/mol. The molecule has 78 valence electrons. The SMILES string of the molecule is Cl.NCCCc1ccc(C(=O)Cl)cc1. The Hall–Kier alpha value is -0.570. The fourth-order valence-corrected chi connectivity index (χ4v) is 1.23. The third-order valence-corrected chi connectivity index (χ3v) is 2.07. The van der Waals surface area contributed by atoms with Crippen molar-refractivity contribution in [2.75, 3.05) is 6.54 Å². The zero-order valence-electron chi connectivity index (χ0n) is 7.70. The summed E-state index contributed by atoms with van der Waals surface area (Å²) in [5.41, 5.74) is 7.11. The van der Waals surface area contributed by atoms with E-state index in [0.29, 0.717) is 12.1 Å². The van der Waals surface area contributed by atoms with Gasteiger partial charge < -0.3 is 5.73 Å². The average molecular weight is 234 g/mol. The Morgan fingerprint density at radius 1 is 1.29 bits per heavy atom. The van der Waals surface area contributed by atoms with Crippen LogP contribution in [0, 0.1) is 0 Å². The van der Waals surface area contributed by atoms with Gasteiger partial charge in [-0.15, -0.1) is 12.4 Å². The number of rotatable bonds is 4. The molecule has 0 fully saturated rings. The topological polar surface area (TPSA) is 43.1 Å². The zero-order valence-corrected chi connectivity index (χ0v) is 9.27. The van der Waals surface area contributed by atoms with Crippen molar-refractivity contribution in [3.8, 4) is 0 Å². The lowest BCUT2D eigenvalue weighted by molar-refractivity contribution is 0.108. The Morgan fingerprint density at radius 3 is 2.29 bits per heavy atom. The minimum atomic E-state index is -0.412. The highest BCUT2D eigenvalue weighted by molar-refractivity contribution is 6.67. The van der Waals surface area contributed by atoms with Gasteiger partial charge >= 0.3 is 0 Å². The molecule has 0 aliphatic heterocycles. The van der Waals surface area contributed by atoms with Gasteiger partial charge in [-0.05, 0) is 48.7 Å². The predicted octanol–water partition coefficient (Wildman–Crippen LogP) is 2.38. The van der Waals surface area contributed by atoms with E-state index in [0.717, 1.165) is 12.8 Å². The normalized spacial score (nSPS) is 9.29. The summed E-state index contributed by atoms with van der Waals surface area (Å²) in [4.78, 5) is 10.7. The van der Waals surface area contributed by atoms with Crippen molar-refractivity contribution in [3.05, 3.63) is 35.4 Å².